The van der Waals surface area contributed by atoms with Crippen molar-refractivity contribution in [2.75, 3.05) is 7.11 Å². The Labute approximate surface area is 150 Å². The first kappa shape index (κ1) is 15.2. The van der Waals surface area contributed by atoms with Gasteiger partial charge in [0.2, 0.25) is 5.69 Å². The number of ether oxygens (including phenoxy) is 2. The first-order valence-corrected chi connectivity index (χ1v) is 8.73. The van der Waals surface area contributed by atoms with E-state index in [1.54, 1.807) is 0 Å². The van der Waals surface area contributed by atoms with Crippen LogP contribution in [0.25, 0.3) is 21.8 Å². The predicted octanol–water partition coefficient (Wildman–Crippen LogP) is 3.00. The van der Waals surface area contributed by atoms with Gasteiger partial charge in [0.1, 0.15) is 17.5 Å². The molecule has 0 fully saturated rings. The van der Waals surface area contributed by atoms with Crippen LogP contribution in [0.3, 0.4) is 0 Å². The fourth-order valence-corrected chi connectivity index (χ4v) is 4.33. The molecule has 4 heterocycles. The summed E-state index contributed by atoms with van der Waals surface area (Å²) in [4.78, 5) is 15.8. The Morgan fingerprint density at radius 3 is 2.96 bits per heavy atom. The molecule has 0 amide bonds. The number of aromatic nitrogens is 2. The highest BCUT2D eigenvalue weighted by molar-refractivity contribution is 6.07. The molecule has 130 valence electrons. The minimum Gasteiger partial charge on any atom is -0.469 e. The van der Waals surface area contributed by atoms with Crippen LogP contribution in [0.4, 0.5) is 0 Å². The summed E-state index contributed by atoms with van der Waals surface area (Å²) in [5.41, 5.74) is 4.04. The average molecular weight is 347 g/mol. The molecule has 1 N–H and O–H groups in total. The van der Waals surface area contributed by atoms with Gasteiger partial charge in [0, 0.05) is 34.7 Å². The van der Waals surface area contributed by atoms with Crippen LogP contribution >= 0.6 is 0 Å². The fraction of sp³-hybridized carbons (Fsp3) is 0.238. The number of hydrogen-bond donors (Lipinski definition) is 1. The van der Waals surface area contributed by atoms with E-state index in [1.807, 2.05) is 6.07 Å². The van der Waals surface area contributed by atoms with Crippen molar-refractivity contribution in [3.8, 4) is 0 Å². The van der Waals surface area contributed by atoms with E-state index in [2.05, 4.69) is 46.6 Å². The van der Waals surface area contributed by atoms with Gasteiger partial charge in [-0.25, -0.2) is 4.79 Å². The Kier molecular flexibility index (Phi) is 3.19. The number of rotatable bonds is 1. The summed E-state index contributed by atoms with van der Waals surface area (Å²) in [6, 6.07) is 10.5. The lowest BCUT2D eigenvalue weighted by atomic mass is 9.77. The Bertz CT molecular complexity index is 1110. The second-order valence-corrected chi connectivity index (χ2v) is 6.94. The SMILES string of the molecule is C=C1OC=C(C(=O)OC)C2Cc3c4[nH]c5ccccc5c4cc[n+]3CC12. The highest BCUT2D eigenvalue weighted by atomic mass is 16.5. The molecule has 5 nitrogen and oxygen atoms in total. The van der Waals surface area contributed by atoms with Crippen LogP contribution in [0.15, 0.2) is 60.7 Å². The number of carbonyl (C=O) groups is 1. The molecule has 5 rings (SSSR count). The lowest BCUT2D eigenvalue weighted by Crippen LogP contribution is -2.51. The fourth-order valence-electron chi connectivity index (χ4n) is 4.33. The van der Waals surface area contributed by atoms with Gasteiger partial charge in [0.05, 0.1) is 18.6 Å². The number of carbonyl (C=O) groups excluding carboxylic acids is 1. The van der Waals surface area contributed by atoms with Crippen LogP contribution in [-0.2, 0) is 27.2 Å². The molecule has 5 heteroatoms. The van der Waals surface area contributed by atoms with Gasteiger partial charge in [-0.05, 0) is 6.07 Å². The third kappa shape index (κ3) is 2.03. The van der Waals surface area contributed by atoms with Crippen molar-refractivity contribution in [1.29, 1.82) is 0 Å². The number of pyridine rings is 1. The molecule has 0 aliphatic carbocycles. The molecular weight excluding hydrogens is 328 g/mol. The second-order valence-electron chi connectivity index (χ2n) is 6.94. The molecule has 2 unspecified atom stereocenters. The van der Waals surface area contributed by atoms with Gasteiger partial charge >= 0.3 is 5.97 Å². The number of fused-ring (bicyclic) bond motifs is 6. The maximum absolute atomic E-state index is 12.2. The summed E-state index contributed by atoms with van der Waals surface area (Å²) in [6.07, 6.45) is 4.37. The molecular formula is C21H19N2O3+. The maximum atomic E-state index is 12.2. The van der Waals surface area contributed by atoms with Gasteiger partial charge < -0.3 is 14.5 Å². The number of para-hydroxylation sites is 1. The normalized spacial score (nSPS) is 21.7. The van der Waals surface area contributed by atoms with Crippen molar-refractivity contribution in [3.63, 3.8) is 0 Å². The Hall–Kier alpha value is -3.08. The van der Waals surface area contributed by atoms with E-state index in [0.29, 0.717) is 11.3 Å². The number of H-pyrrole nitrogens is 1. The molecule has 0 spiro atoms. The standard InChI is InChI=1S/C21H18N2O3/c1-12-16-10-23-8-7-14-13-5-3-4-6-18(13)22-20(14)19(23)9-15(16)17(11-26-12)21(24)25-2/h3-8,11,15-16H,1,9-10H2,2H3/p+1. The molecule has 0 saturated carbocycles. The third-order valence-corrected chi connectivity index (χ3v) is 5.67. The number of methoxy groups -OCH3 is 1. The number of nitrogens with zero attached hydrogens (tertiary/aromatic N) is 1. The summed E-state index contributed by atoms with van der Waals surface area (Å²) in [6.45, 7) is 4.78. The van der Waals surface area contributed by atoms with Crippen LogP contribution in [-0.4, -0.2) is 18.1 Å². The molecule has 0 radical (unpaired) electrons. The topological polar surface area (TPSA) is 55.2 Å². The van der Waals surface area contributed by atoms with Crippen LogP contribution in [0.5, 0.6) is 0 Å². The monoisotopic (exact) mass is 347 g/mol. The second kappa shape index (κ2) is 5.46. The zero-order chi connectivity index (χ0) is 17.8. The van der Waals surface area contributed by atoms with E-state index in [4.69, 9.17) is 9.47 Å². The average Bonchev–Trinajstić information content (AvgIpc) is 3.06. The molecule has 3 aromatic rings. The quantitative estimate of drug-likeness (QED) is 0.544. The molecule has 2 aromatic heterocycles. The Morgan fingerprint density at radius 1 is 1.27 bits per heavy atom. The lowest BCUT2D eigenvalue weighted by molar-refractivity contribution is -0.715. The zero-order valence-corrected chi connectivity index (χ0v) is 14.5. The molecule has 2 aliphatic heterocycles. The Morgan fingerprint density at radius 2 is 2.12 bits per heavy atom. The van der Waals surface area contributed by atoms with Gasteiger partial charge in [-0.1, -0.05) is 24.8 Å². The van der Waals surface area contributed by atoms with Crippen molar-refractivity contribution in [3.05, 3.63) is 66.4 Å². The smallest absolute Gasteiger partial charge is 0.337 e. The van der Waals surface area contributed by atoms with Crippen molar-refractivity contribution in [2.45, 2.75) is 13.0 Å². The summed E-state index contributed by atoms with van der Waals surface area (Å²) in [5.74, 6) is 0.455. The molecule has 0 saturated heterocycles. The number of nitrogens with one attached hydrogen (secondary N) is 1. The van der Waals surface area contributed by atoms with Crippen LogP contribution < -0.4 is 4.57 Å². The van der Waals surface area contributed by atoms with Crippen molar-refractivity contribution >= 4 is 27.8 Å². The molecule has 2 aliphatic rings. The van der Waals surface area contributed by atoms with E-state index in [0.717, 1.165) is 24.0 Å². The number of allylic oxidation sites excluding steroid dienone is 1. The maximum Gasteiger partial charge on any atom is 0.337 e. The molecule has 0 bridgehead atoms. The number of aromatic amines is 1. The molecule has 26 heavy (non-hydrogen) atoms. The summed E-state index contributed by atoms with van der Waals surface area (Å²) in [5, 5.41) is 2.42. The van der Waals surface area contributed by atoms with E-state index in [1.165, 1.54) is 29.8 Å². The molecule has 1 aromatic carbocycles. The van der Waals surface area contributed by atoms with E-state index in [9.17, 15) is 4.79 Å². The number of esters is 1. The highest BCUT2D eigenvalue weighted by Crippen LogP contribution is 2.39. The van der Waals surface area contributed by atoms with Gasteiger partial charge in [-0.2, -0.15) is 4.57 Å². The largest absolute Gasteiger partial charge is 0.469 e. The summed E-state index contributed by atoms with van der Waals surface area (Å²) in [7, 11) is 1.41. The zero-order valence-electron chi connectivity index (χ0n) is 14.5. The van der Waals surface area contributed by atoms with Crippen LogP contribution in [0.1, 0.15) is 5.69 Å². The van der Waals surface area contributed by atoms with Gasteiger partial charge in [-0.3, -0.25) is 0 Å². The van der Waals surface area contributed by atoms with Gasteiger partial charge in [0.15, 0.2) is 12.7 Å². The van der Waals surface area contributed by atoms with E-state index >= 15 is 0 Å². The first-order valence-electron chi connectivity index (χ1n) is 8.73. The van der Waals surface area contributed by atoms with Crippen LogP contribution in [0.2, 0.25) is 0 Å². The van der Waals surface area contributed by atoms with Crippen molar-refractivity contribution in [1.82, 2.24) is 4.98 Å². The Balaban J connectivity index is 1.69. The van der Waals surface area contributed by atoms with Gasteiger partial charge in [0.25, 0.3) is 0 Å². The van der Waals surface area contributed by atoms with Crippen molar-refractivity contribution < 1.29 is 18.8 Å². The minimum atomic E-state index is -0.329. The third-order valence-electron chi connectivity index (χ3n) is 5.67. The highest BCUT2D eigenvalue weighted by Gasteiger charge is 2.44. The first-order chi connectivity index (χ1) is 12.7. The number of hydrogen-bond acceptors (Lipinski definition) is 3. The van der Waals surface area contributed by atoms with E-state index < -0.39 is 0 Å². The lowest BCUT2D eigenvalue weighted by Gasteiger charge is -2.33. The molecule has 2 atom stereocenters. The predicted molar refractivity (Wildman–Crippen MR) is 97.0 cm³/mol. The summed E-state index contributed by atoms with van der Waals surface area (Å²) < 4.78 is 12.8. The van der Waals surface area contributed by atoms with Crippen molar-refractivity contribution in [2.24, 2.45) is 11.8 Å². The number of benzene rings is 1. The minimum absolute atomic E-state index is 0.0145. The van der Waals surface area contributed by atoms with Gasteiger partial charge in [-0.15, -0.1) is 0 Å². The summed E-state index contributed by atoms with van der Waals surface area (Å²) >= 11 is 0. The van der Waals surface area contributed by atoms with E-state index in [-0.39, 0.29) is 17.8 Å². The van der Waals surface area contributed by atoms with Crippen LogP contribution in [0, 0.1) is 11.8 Å².